The van der Waals surface area contributed by atoms with Crippen molar-refractivity contribution >= 4 is 17.6 Å². The topological polar surface area (TPSA) is 123 Å². The fourth-order valence-electron chi connectivity index (χ4n) is 1.59. The second kappa shape index (κ2) is 6.25. The minimum Gasteiger partial charge on any atom is -0.423 e. The van der Waals surface area contributed by atoms with Crippen molar-refractivity contribution in [1.82, 2.24) is 15.5 Å². The molecule has 0 unspecified atom stereocenters. The fourth-order valence-corrected chi connectivity index (χ4v) is 1.59. The molecule has 0 radical (unpaired) electrons. The number of nitrogens with two attached hydrogens (primary N) is 1. The van der Waals surface area contributed by atoms with Crippen LogP contribution in [0, 0.1) is 5.41 Å². The lowest BCUT2D eigenvalue weighted by Crippen LogP contribution is -2.43. The third-order valence-corrected chi connectivity index (χ3v) is 3.09. The van der Waals surface area contributed by atoms with Gasteiger partial charge < -0.3 is 20.8 Å². The third-order valence-electron chi connectivity index (χ3n) is 3.09. The van der Waals surface area contributed by atoms with E-state index < -0.39 is 17.4 Å². The van der Waals surface area contributed by atoms with Gasteiger partial charge in [-0.1, -0.05) is 6.07 Å². The van der Waals surface area contributed by atoms with E-state index in [-0.39, 0.29) is 6.54 Å². The number of nitrogens with one attached hydrogen (secondary N) is 2. The summed E-state index contributed by atoms with van der Waals surface area (Å²) >= 11 is 0. The summed E-state index contributed by atoms with van der Waals surface area (Å²) in [5, 5.41) is 12.7. The van der Waals surface area contributed by atoms with E-state index in [2.05, 4.69) is 20.8 Å². The molecule has 4 N–H and O–H groups in total. The smallest absolute Gasteiger partial charge is 0.319 e. The van der Waals surface area contributed by atoms with E-state index in [0.29, 0.717) is 17.1 Å². The van der Waals surface area contributed by atoms with Crippen LogP contribution in [0.15, 0.2) is 35.1 Å². The van der Waals surface area contributed by atoms with Crippen LogP contribution in [-0.4, -0.2) is 28.7 Å². The molecule has 8 heteroatoms. The van der Waals surface area contributed by atoms with Gasteiger partial charge in [0, 0.05) is 17.8 Å². The number of nitrogens with zero attached hydrogens (tertiary/aromatic N) is 2. The molecule has 0 aliphatic rings. The highest BCUT2D eigenvalue weighted by atomic mass is 16.4. The van der Waals surface area contributed by atoms with Gasteiger partial charge in [-0.3, -0.25) is 4.79 Å². The first-order valence-electron chi connectivity index (χ1n) is 6.60. The van der Waals surface area contributed by atoms with Gasteiger partial charge in [-0.15, -0.1) is 10.2 Å². The molecule has 0 fully saturated rings. The highest BCUT2D eigenvalue weighted by Gasteiger charge is 2.25. The maximum absolute atomic E-state index is 11.9. The van der Waals surface area contributed by atoms with Crippen molar-refractivity contribution in [3.8, 4) is 11.5 Å². The van der Waals surface area contributed by atoms with E-state index >= 15 is 0 Å². The molecule has 2 aromatic rings. The quantitative estimate of drug-likeness (QED) is 0.769. The molecule has 0 aliphatic carbocycles. The summed E-state index contributed by atoms with van der Waals surface area (Å²) in [6, 6.07) is 6.53. The number of carbonyl (C=O) groups excluding carboxylic acids is 2. The Morgan fingerprint density at radius 3 is 2.77 bits per heavy atom. The second-order valence-corrected chi connectivity index (χ2v) is 5.38. The van der Waals surface area contributed by atoms with Gasteiger partial charge in [0.2, 0.25) is 18.2 Å². The first-order chi connectivity index (χ1) is 10.4. The number of amides is 3. The van der Waals surface area contributed by atoms with Crippen LogP contribution in [0.2, 0.25) is 0 Å². The molecule has 116 valence electrons. The summed E-state index contributed by atoms with van der Waals surface area (Å²) in [6.45, 7) is 3.45. The van der Waals surface area contributed by atoms with Crippen molar-refractivity contribution in [2.75, 3.05) is 11.9 Å². The van der Waals surface area contributed by atoms with Crippen LogP contribution < -0.4 is 16.4 Å². The van der Waals surface area contributed by atoms with Gasteiger partial charge in [-0.25, -0.2) is 4.79 Å². The normalized spacial score (nSPS) is 11.0. The van der Waals surface area contributed by atoms with Gasteiger partial charge >= 0.3 is 6.03 Å². The molecule has 0 spiro atoms. The van der Waals surface area contributed by atoms with E-state index in [1.54, 1.807) is 38.1 Å². The molecule has 1 aromatic heterocycles. The number of urea groups is 1. The lowest BCUT2D eigenvalue weighted by Gasteiger charge is -2.20. The molecule has 0 aliphatic heterocycles. The number of hydrogen-bond donors (Lipinski definition) is 3. The van der Waals surface area contributed by atoms with Gasteiger partial charge in [0.1, 0.15) is 0 Å². The molecule has 3 amide bonds. The van der Waals surface area contributed by atoms with E-state index in [0.717, 1.165) is 0 Å². The van der Waals surface area contributed by atoms with Crippen molar-refractivity contribution in [1.29, 1.82) is 0 Å². The van der Waals surface area contributed by atoms with E-state index in [9.17, 15) is 9.59 Å². The van der Waals surface area contributed by atoms with Crippen molar-refractivity contribution in [3.63, 3.8) is 0 Å². The molecular formula is C14H17N5O3. The Bertz CT molecular complexity index is 667. The summed E-state index contributed by atoms with van der Waals surface area (Å²) in [5.41, 5.74) is 5.68. The average Bonchev–Trinajstić information content (AvgIpc) is 2.99. The standard InChI is InChI=1S/C14H17N5O3/c1-14(2,12(15)20)7-16-13(21)18-10-5-3-4-9(6-10)11-19-17-8-22-11/h3-6,8H,7H2,1-2H3,(H2,15,20)(H2,16,18,21). The fraction of sp³-hybridized carbons (Fsp3) is 0.286. The summed E-state index contributed by atoms with van der Waals surface area (Å²) in [4.78, 5) is 23.0. The number of carbonyl (C=O) groups is 2. The zero-order valence-electron chi connectivity index (χ0n) is 12.3. The second-order valence-electron chi connectivity index (χ2n) is 5.38. The van der Waals surface area contributed by atoms with Crippen LogP contribution in [0.25, 0.3) is 11.5 Å². The third kappa shape index (κ3) is 3.81. The lowest BCUT2D eigenvalue weighted by molar-refractivity contribution is -0.125. The van der Waals surface area contributed by atoms with Gasteiger partial charge in [-0.05, 0) is 32.0 Å². The maximum Gasteiger partial charge on any atom is 0.319 e. The Kier molecular flexibility index (Phi) is 4.40. The van der Waals surface area contributed by atoms with Crippen molar-refractivity contribution in [2.45, 2.75) is 13.8 Å². The maximum atomic E-state index is 11.9. The minimum absolute atomic E-state index is 0.136. The monoisotopic (exact) mass is 303 g/mol. The van der Waals surface area contributed by atoms with Gasteiger partial charge in [0.05, 0.1) is 5.41 Å². The van der Waals surface area contributed by atoms with Crippen LogP contribution in [0.4, 0.5) is 10.5 Å². The number of rotatable bonds is 5. The Morgan fingerprint density at radius 1 is 1.36 bits per heavy atom. The highest BCUT2D eigenvalue weighted by molar-refractivity contribution is 5.90. The van der Waals surface area contributed by atoms with Gasteiger partial charge in [0.15, 0.2) is 0 Å². The Labute approximate surface area is 127 Å². The highest BCUT2D eigenvalue weighted by Crippen LogP contribution is 2.20. The average molecular weight is 303 g/mol. The van der Waals surface area contributed by atoms with Crippen molar-refractivity contribution in [3.05, 3.63) is 30.7 Å². The summed E-state index contributed by atoms with van der Waals surface area (Å²) in [5.74, 6) is -0.120. The van der Waals surface area contributed by atoms with Crippen LogP contribution in [0.1, 0.15) is 13.8 Å². The molecule has 0 atom stereocenters. The number of hydrogen-bond acceptors (Lipinski definition) is 5. The summed E-state index contributed by atoms with van der Waals surface area (Å²) < 4.78 is 5.10. The molecule has 0 saturated heterocycles. The molecule has 0 bridgehead atoms. The van der Waals surface area contributed by atoms with Crippen LogP contribution in [0.3, 0.4) is 0 Å². The summed E-state index contributed by atoms with van der Waals surface area (Å²) in [7, 11) is 0. The molecule has 2 rings (SSSR count). The lowest BCUT2D eigenvalue weighted by atomic mass is 9.93. The first-order valence-corrected chi connectivity index (χ1v) is 6.60. The number of primary amides is 1. The minimum atomic E-state index is -0.817. The SMILES string of the molecule is CC(C)(CNC(=O)Nc1cccc(-c2nnco2)c1)C(N)=O. The van der Waals surface area contributed by atoms with Crippen LogP contribution >= 0.6 is 0 Å². The number of benzene rings is 1. The molecular weight excluding hydrogens is 286 g/mol. The van der Waals surface area contributed by atoms with Gasteiger partial charge in [-0.2, -0.15) is 0 Å². The molecule has 8 nitrogen and oxygen atoms in total. The number of anilines is 1. The zero-order chi connectivity index (χ0) is 16.2. The predicted octanol–water partition coefficient (Wildman–Crippen LogP) is 1.37. The van der Waals surface area contributed by atoms with Crippen molar-refractivity contribution in [2.24, 2.45) is 11.1 Å². The number of aromatic nitrogens is 2. The first kappa shape index (κ1) is 15.5. The molecule has 1 aromatic carbocycles. The molecule has 0 saturated carbocycles. The van der Waals surface area contributed by atoms with Gasteiger partial charge in [0.25, 0.3) is 0 Å². The zero-order valence-corrected chi connectivity index (χ0v) is 12.3. The Morgan fingerprint density at radius 2 is 2.14 bits per heavy atom. The van der Waals surface area contributed by atoms with E-state index in [4.69, 9.17) is 10.2 Å². The summed E-state index contributed by atoms with van der Waals surface area (Å²) in [6.07, 6.45) is 1.23. The van der Waals surface area contributed by atoms with E-state index in [1.807, 2.05) is 0 Å². The molecule has 1 heterocycles. The predicted molar refractivity (Wildman–Crippen MR) is 79.7 cm³/mol. The van der Waals surface area contributed by atoms with E-state index in [1.165, 1.54) is 6.39 Å². The van der Waals surface area contributed by atoms with Crippen LogP contribution in [-0.2, 0) is 4.79 Å². The largest absolute Gasteiger partial charge is 0.423 e. The molecule has 22 heavy (non-hydrogen) atoms. The Balaban J connectivity index is 1.98. The van der Waals surface area contributed by atoms with Crippen molar-refractivity contribution < 1.29 is 14.0 Å². The van der Waals surface area contributed by atoms with Crippen LogP contribution in [0.5, 0.6) is 0 Å². The Hall–Kier alpha value is -2.90.